The van der Waals surface area contributed by atoms with E-state index in [0.717, 1.165) is 5.56 Å². The highest BCUT2D eigenvalue weighted by Crippen LogP contribution is 1.96. The number of rotatable bonds is 3. The third-order valence-corrected chi connectivity index (χ3v) is 1.49. The van der Waals surface area contributed by atoms with Crippen LogP contribution in [0.15, 0.2) is 43.0 Å². The predicted octanol–water partition coefficient (Wildman–Crippen LogP) is 1.49. The Hall–Kier alpha value is -1.57. The molecule has 2 nitrogen and oxygen atoms in total. The fourth-order valence-electron chi connectivity index (χ4n) is 0.857. The second kappa shape index (κ2) is 4.34. The van der Waals surface area contributed by atoms with Gasteiger partial charge >= 0.3 is 0 Å². The summed E-state index contributed by atoms with van der Waals surface area (Å²) in [5.74, 6) is -0.140. The molecule has 1 rings (SSSR count). The molecular formula is C10H11NO. The van der Waals surface area contributed by atoms with Gasteiger partial charge in [0.05, 0.1) is 0 Å². The minimum absolute atomic E-state index is 0.140. The van der Waals surface area contributed by atoms with E-state index < -0.39 is 0 Å². The number of carbonyl (C=O) groups excluding carboxylic acids is 1. The lowest BCUT2D eigenvalue weighted by atomic mass is 10.2. The van der Waals surface area contributed by atoms with Crippen LogP contribution in [-0.2, 0) is 11.3 Å². The summed E-state index contributed by atoms with van der Waals surface area (Å²) in [5, 5.41) is 2.69. The van der Waals surface area contributed by atoms with Gasteiger partial charge in [-0.1, -0.05) is 36.9 Å². The third kappa shape index (κ3) is 2.58. The van der Waals surface area contributed by atoms with Gasteiger partial charge in [-0.05, 0) is 11.6 Å². The minimum atomic E-state index is -0.140. The summed E-state index contributed by atoms with van der Waals surface area (Å²) in [6.45, 7) is 3.92. The van der Waals surface area contributed by atoms with E-state index in [0.29, 0.717) is 6.54 Å². The topological polar surface area (TPSA) is 29.1 Å². The molecule has 1 amide bonds. The van der Waals surface area contributed by atoms with Crippen molar-refractivity contribution < 1.29 is 4.79 Å². The zero-order chi connectivity index (χ0) is 8.81. The summed E-state index contributed by atoms with van der Waals surface area (Å²) in [4.78, 5) is 10.8. The van der Waals surface area contributed by atoms with Crippen molar-refractivity contribution in [3.05, 3.63) is 48.6 Å². The number of amides is 1. The zero-order valence-corrected chi connectivity index (χ0v) is 6.79. The second-order valence-electron chi connectivity index (χ2n) is 2.41. The van der Waals surface area contributed by atoms with Crippen LogP contribution in [0, 0.1) is 0 Å². The Morgan fingerprint density at radius 3 is 2.67 bits per heavy atom. The van der Waals surface area contributed by atoms with Crippen LogP contribution in [0.25, 0.3) is 0 Å². The molecule has 0 heterocycles. The van der Waals surface area contributed by atoms with Crippen LogP contribution < -0.4 is 5.32 Å². The van der Waals surface area contributed by atoms with Gasteiger partial charge in [-0.2, -0.15) is 0 Å². The van der Waals surface area contributed by atoms with Gasteiger partial charge in [-0.25, -0.2) is 0 Å². The van der Waals surface area contributed by atoms with Crippen LogP contribution in [-0.4, -0.2) is 5.91 Å². The van der Waals surface area contributed by atoms with Gasteiger partial charge in [0, 0.05) is 6.54 Å². The highest BCUT2D eigenvalue weighted by Gasteiger charge is 1.93. The maximum Gasteiger partial charge on any atom is 0.243 e. The molecule has 12 heavy (non-hydrogen) atoms. The summed E-state index contributed by atoms with van der Waals surface area (Å²) in [5.41, 5.74) is 1.09. The molecule has 0 saturated carbocycles. The molecule has 0 aromatic heterocycles. The fraction of sp³-hybridized carbons (Fsp3) is 0.100. The van der Waals surface area contributed by atoms with E-state index in [9.17, 15) is 4.79 Å². The van der Waals surface area contributed by atoms with Crippen molar-refractivity contribution in [1.82, 2.24) is 5.32 Å². The van der Waals surface area contributed by atoms with E-state index in [1.54, 1.807) is 0 Å². The maximum atomic E-state index is 10.8. The molecule has 0 unspecified atom stereocenters. The molecule has 0 aliphatic rings. The number of hydrogen-bond donors (Lipinski definition) is 1. The van der Waals surface area contributed by atoms with Crippen molar-refractivity contribution in [2.24, 2.45) is 0 Å². The summed E-state index contributed by atoms with van der Waals surface area (Å²) in [7, 11) is 0. The second-order valence-corrected chi connectivity index (χ2v) is 2.41. The number of nitrogens with one attached hydrogen (secondary N) is 1. The van der Waals surface area contributed by atoms with Gasteiger partial charge in [-0.15, -0.1) is 0 Å². The van der Waals surface area contributed by atoms with Crippen LogP contribution in [0.3, 0.4) is 0 Å². The predicted molar refractivity (Wildman–Crippen MR) is 48.5 cm³/mol. The molecular weight excluding hydrogens is 150 g/mol. The maximum absolute atomic E-state index is 10.8. The quantitative estimate of drug-likeness (QED) is 0.668. The molecule has 0 bridgehead atoms. The molecule has 1 aromatic carbocycles. The van der Waals surface area contributed by atoms with Crippen molar-refractivity contribution in [2.45, 2.75) is 6.54 Å². The first kappa shape index (κ1) is 8.53. The molecule has 1 aromatic rings. The molecule has 0 aliphatic carbocycles. The van der Waals surface area contributed by atoms with E-state index in [4.69, 9.17) is 0 Å². The summed E-state index contributed by atoms with van der Waals surface area (Å²) in [6.07, 6.45) is 1.27. The first-order valence-corrected chi connectivity index (χ1v) is 3.77. The SMILES string of the molecule is C=CC(=O)NCc1ccccc1. The van der Waals surface area contributed by atoms with Crippen LogP contribution >= 0.6 is 0 Å². The molecule has 0 fully saturated rings. The zero-order valence-electron chi connectivity index (χ0n) is 6.79. The molecule has 1 N–H and O–H groups in total. The Morgan fingerprint density at radius 1 is 1.42 bits per heavy atom. The Kier molecular flexibility index (Phi) is 3.08. The van der Waals surface area contributed by atoms with Crippen molar-refractivity contribution in [1.29, 1.82) is 0 Å². The average Bonchev–Trinajstić information content (AvgIpc) is 2.16. The van der Waals surface area contributed by atoms with Crippen molar-refractivity contribution in [3.63, 3.8) is 0 Å². The normalized spacial score (nSPS) is 9.00. The van der Waals surface area contributed by atoms with Gasteiger partial charge in [0.15, 0.2) is 0 Å². The monoisotopic (exact) mass is 161 g/mol. The number of carbonyl (C=O) groups is 1. The molecule has 0 spiro atoms. The van der Waals surface area contributed by atoms with Crippen LogP contribution in [0.2, 0.25) is 0 Å². The van der Waals surface area contributed by atoms with Crippen molar-refractivity contribution in [2.75, 3.05) is 0 Å². The lowest BCUT2D eigenvalue weighted by molar-refractivity contribution is -0.116. The first-order valence-electron chi connectivity index (χ1n) is 3.77. The smallest absolute Gasteiger partial charge is 0.243 e. The van der Waals surface area contributed by atoms with Crippen LogP contribution in [0.4, 0.5) is 0 Å². The highest BCUT2D eigenvalue weighted by atomic mass is 16.1. The molecule has 62 valence electrons. The van der Waals surface area contributed by atoms with E-state index >= 15 is 0 Å². The lowest BCUT2D eigenvalue weighted by Crippen LogP contribution is -2.19. The molecule has 2 heteroatoms. The Labute approximate surface area is 71.9 Å². The Balaban J connectivity index is 2.43. The van der Waals surface area contributed by atoms with Crippen LogP contribution in [0.5, 0.6) is 0 Å². The summed E-state index contributed by atoms with van der Waals surface area (Å²) < 4.78 is 0. The number of hydrogen-bond acceptors (Lipinski definition) is 1. The van der Waals surface area contributed by atoms with E-state index in [1.165, 1.54) is 6.08 Å². The van der Waals surface area contributed by atoms with Crippen molar-refractivity contribution >= 4 is 5.91 Å². The molecule has 0 saturated heterocycles. The Bertz CT molecular complexity index is 266. The lowest BCUT2D eigenvalue weighted by Gasteiger charge is -2.00. The van der Waals surface area contributed by atoms with Gasteiger partial charge in [0.1, 0.15) is 0 Å². The molecule has 0 radical (unpaired) electrons. The van der Waals surface area contributed by atoms with Crippen LogP contribution in [0.1, 0.15) is 5.56 Å². The summed E-state index contributed by atoms with van der Waals surface area (Å²) >= 11 is 0. The van der Waals surface area contributed by atoms with E-state index in [-0.39, 0.29) is 5.91 Å². The Morgan fingerprint density at radius 2 is 2.08 bits per heavy atom. The molecule has 0 aliphatic heterocycles. The van der Waals surface area contributed by atoms with Gasteiger partial charge in [0.2, 0.25) is 5.91 Å². The average molecular weight is 161 g/mol. The standard InChI is InChI=1S/C10H11NO/c1-2-10(12)11-8-9-6-4-3-5-7-9/h2-7H,1,8H2,(H,11,12). The van der Waals surface area contributed by atoms with Crippen molar-refractivity contribution in [3.8, 4) is 0 Å². The minimum Gasteiger partial charge on any atom is -0.348 e. The first-order chi connectivity index (χ1) is 5.83. The van der Waals surface area contributed by atoms with Gasteiger partial charge in [0.25, 0.3) is 0 Å². The fourth-order valence-corrected chi connectivity index (χ4v) is 0.857. The van der Waals surface area contributed by atoms with E-state index in [2.05, 4.69) is 11.9 Å². The van der Waals surface area contributed by atoms with Gasteiger partial charge < -0.3 is 5.32 Å². The molecule has 0 atom stereocenters. The highest BCUT2D eigenvalue weighted by molar-refractivity contribution is 5.86. The number of benzene rings is 1. The summed E-state index contributed by atoms with van der Waals surface area (Å²) in [6, 6.07) is 9.75. The third-order valence-electron chi connectivity index (χ3n) is 1.49. The largest absolute Gasteiger partial charge is 0.348 e. The van der Waals surface area contributed by atoms with E-state index in [1.807, 2.05) is 30.3 Å². The van der Waals surface area contributed by atoms with Gasteiger partial charge in [-0.3, -0.25) is 4.79 Å².